The summed E-state index contributed by atoms with van der Waals surface area (Å²) >= 11 is 0. The Morgan fingerprint density at radius 3 is 2.50 bits per heavy atom. The van der Waals surface area contributed by atoms with Crippen molar-refractivity contribution in [1.82, 2.24) is 0 Å². The van der Waals surface area contributed by atoms with Crippen LogP contribution < -0.4 is 14.8 Å². The molecule has 0 aliphatic carbocycles. The molecule has 1 aliphatic rings. The number of rotatable bonds is 9. The van der Waals surface area contributed by atoms with Crippen molar-refractivity contribution in [2.24, 2.45) is 5.92 Å². The van der Waals surface area contributed by atoms with E-state index in [9.17, 15) is 14.4 Å². The van der Waals surface area contributed by atoms with Crippen LogP contribution in [0.3, 0.4) is 0 Å². The zero-order chi connectivity index (χ0) is 21.5. The minimum atomic E-state index is -0.446. The molecule has 3 rings (SSSR count). The molecule has 0 atom stereocenters. The highest BCUT2D eigenvalue weighted by Crippen LogP contribution is 2.32. The number of aryl methyl sites for hydroxylation is 1. The average Bonchev–Trinajstić information content (AvgIpc) is 3.18. The van der Waals surface area contributed by atoms with Gasteiger partial charge >= 0.3 is 5.97 Å². The van der Waals surface area contributed by atoms with Gasteiger partial charge in [-0.1, -0.05) is 19.9 Å². The molecule has 1 heterocycles. The molecule has 2 aromatic rings. The third-order valence-corrected chi connectivity index (χ3v) is 4.50. The number of benzene rings is 2. The minimum absolute atomic E-state index is 0.0690. The summed E-state index contributed by atoms with van der Waals surface area (Å²) in [6.45, 7) is 3.82. The molecule has 2 aromatic carbocycles. The van der Waals surface area contributed by atoms with Crippen LogP contribution >= 0.6 is 0 Å². The summed E-state index contributed by atoms with van der Waals surface area (Å²) in [6, 6.07) is 12.0. The van der Waals surface area contributed by atoms with Crippen molar-refractivity contribution >= 4 is 23.3 Å². The third kappa shape index (κ3) is 6.07. The molecule has 158 valence electrons. The molecule has 0 unspecified atom stereocenters. The lowest BCUT2D eigenvalue weighted by atomic mass is 10.1. The molecule has 1 aliphatic heterocycles. The Bertz CT molecular complexity index is 920. The van der Waals surface area contributed by atoms with E-state index in [0.29, 0.717) is 35.6 Å². The Morgan fingerprint density at radius 2 is 1.77 bits per heavy atom. The first-order valence-corrected chi connectivity index (χ1v) is 9.88. The largest absolute Gasteiger partial charge is 0.457 e. The molecular weight excluding hydrogens is 386 g/mol. The second kappa shape index (κ2) is 9.91. The summed E-state index contributed by atoms with van der Waals surface area (Å²) < 4.78 is 15.7. The van der Waals surface area contributed by atoms with Gasteiger partial charge in [-0.15, -0.1) is 0 Å². The van der Waals surface area contributed by atoms with Crippen LogP contribution in [0, 0.1) is 5.92 Å². The van der Waals surface area contributed by atoms with Crippen molar-refractivity contribution in [3.05, 3.63) is 53.6 Å². The Hall–Kier alpha value is -3.35. The minimum Gasteiger partial charge on any atom is -0.457 e. The fourth-order valence-electron chi connectivity index (χ4n) is 2.97. The van der Waals surface area contributed by atoms with Crippen molar-refractivity contribution < 1.29 is 28.6 Å². The van der Waals surface area contributed by atoms with Gasteiger partial charge in [-0.3, -0.25) is 14.4 Å². The lowest BCUT2D eigenvalue weighted by Gasteiger charge is -2.08. The van der Waals surface area contributed by atoms with Gasteiger partial charge < -0.3 is 19.5 Å². The van der Waals surface area contributed by atoms with E-state index in [1.807, 2.05) is 26.0 Å². The summed E-state index contributed by atoms with van der Waals surface area (Å²) in [4.78, 5) is 36.0. The van der Waals surface area contributed by atoms with Crippen LogP contribution in [0.1, 0.15) is 42.6 Å². The van der Waals surface area contributed by atoms with Gasteiger partial charge in [0, 0.05) is 24.1 Å². The maximum atomic E-state index is 12.2. The van der Waals surface area contributed by atoms with Gasteiger partial charge in [0.25, 0.3) is 0 Å². The van der Waals surface area contributed by atoms with Crippen molar-refractivity contribution in [2.75, 3.05) is 18.7 Å². The van der Waals surface area contributed by atoms with E-state index in [0.717, 1.165) is 5.56 Å². The lowest BCUT2D eigenvalue weighted by molar-refractivity contribution is -0.142. The number of esters is 1. The monoisotopic (exact) mass is 411 g/mol. The molecule has 0 bridgehead atoms. The number of Topliss-reactive ketones (excluding diaryl/α,β-unsaturated/α-hetero) is 1. The van der Waals surface area contributed by atoms with E-state index in [1.54, 1.807) is 30.3 Å². The number of carbonyl (C=O) groups excluding carboxylic acids is 3. The normalized spacial score (nSPS) is 12.0. The van der Waals surface area contributed by atoms with Crippen molar-refractivity contribution in [3.8, 4) is 11.5 Å². The quantitative estimate of drug-likeness (QED) is 0.499. The molecule has 1 N–H and O–H groups in total. The Balaban J connectivity index is 1.42. The van der Waals surface area contributed by atoms with Crippen LogP contribution in [0.4, 0.5) is 5.69 Å². The molecule has 7 nitrogen and oxygen atoms in total. The highest BCUT2D eigenvalue weighted by molar-refractivity contribution is 5.98. The summed E-state index contributed by atoms with van der Waals surface area (Å²) in [5.74, 6) is 0.813. The van der Waals surface area contributed by atoms with Gasteiger partial charge in [0.1, 0.15) is 0 Å². The highest BCUT2D eigenvalue weighted by Gasteiger charge is 2.15. The van der Waals surface area contributed by atoms with Crippen LogP contribution in [-0.4, -0.2) is 31.1 Å². The number of nitrogens with one attached hydrogen (secondary N) is 1. The number of carbonyl (C=O) groups is 3. The molecule has 0 fully saturated rings. The van der Waals surface area contributed by atoms with E-state index in [-0.39, 0.29) is 37.4 Å². The first-order chi connectivity index (χ1) is 14.4. The maximum absolute atomic E-state index is 12.2. The van der Waals surface area contributed by atoms with Crippen LogP contribution in [-0.2, 0) is 20.7 Å². The fraction of sp³-hybridized carbons (Fsp3) is 0.348. The van der Waals surface area contributed by atoms with Gasteiger partial charge in [0.2, 0.25) is 12.7 Å². The standard InChI is InChI=1S/C23H25NO6/c1-15(2)11-22(26)24-18-7-5-17(6-8-18)19(25)13-28-23(27)10-4-16-3-9-20-21(12-16)30-14-29-20/h3,5-9,12,15H,4,10-11,13-14H2,1-2H3,(H,24,26). The average molecular weight is 411 g/mol. The van der Waals surface area contributed by atoms with Crippen LogP contribution in [0.5, 0.6) is 11.5 Å². The zero-order valence-corrected chi connectivity index (χ0v) is 17.1. The molecule has 0 saturated carbocycles. The molecule has 7 heteroatoms. The number of amides is 1. The maximum Gasteiger partial charge on any atom is 0.306 e. The van der Waals surface area contributed by atoms with Crippen LogP contribution in [0.2, 0.25) is 0 Å². The van der Waals surface area contributed by atoms with E-state index in [1.165, 1.54) is 0 Å². The number of anilines is 1. The Morgan fingerprint density at radius 1 is 1.03 bits per heavy atom. The van der Waals surface area contributed by atoms with Crippen molar-refractivity contribution in [2.45, 2.75) is 33.1 Å². The van der Waals surface area contributed by atoms with E-state index in [2.05, 4.69) is 5.32 Å². The predicted octanol–water partition coefficient (Wildman–Crippen LogP) is 3.76. The van der Waals surface area contributed by atoms with E-state index in [4.69, 9.17) is 14.2 Å². The number of ketones is 1. The molecule has 0 radical (unpaired) electrons. The first-order valence-electron chi connectivity index (χ1n) is 9.88. The SMILES string of the molecule is CC(C)CC(=O)Nc1ccc(C(=O)COC(=O)CCc2ccc3c(c2)OCO3)cc1. The summed E-state index contributed by atoms with van der Waals surface area (Å²) in [7, 11) is 0. The third-order valence-electron chi connectivity index (χ3n) is 4.50. The number of hydrogen-bond donors (Lipinski definition) is 1. The zero-order valence-electron chi connectivity index (χ0n) is 17.1. The summed E-state index contributed by atoms with van der Waals surface area (Å²) in [5.41, 5.74) is 1.97. The lowest BCUT2D eigenvalue weighted by Crippen LogP contribution is -2.15. The van der Waals surface area contributed by atoms with Crippen LogP contribution in [0.15, 0.2) is 42.5 Å². The van der Waals surface area contributed by atoms with Gasteiger partial charge in [0.05, 0.1) is 0 Å². The van der Waals surface area contributed by atoms with Gasteiger partial charge in [0.15, 0.2) is 23.9 Å². The van der Waals surface area contributed by atoms with Gasteiger partial charge in [-0.2, -0.15) is 0 Å². The number of fused-ring (bicyclic) bond motifs is 1. The second-order valence-electron chi connectivity index (χ2n) is 7.49. The summed E-state index contributed by atoms with van der Waals surface area (Å²) in [5, 5.41) is 2.79. The van der Waals surface area contributed by atoms with Crippen LogP contribution in [0.25, 0.3) is 0 Å². The van der Waals surface area contributed by atoms with Crippen molar-refractivity contribution in [3.63, 3.8) is 0 Å². The van der Waals surface area contributed by atoms with Gasteiger partial charge in [-0.25, -0.2) is 0 Å². The molecule has 0 spiro atoms. The van der Waals surface area contributed by atoms with E-state index >= 15 is 0 Å². The smallest absolute Gasteiger partial charge is 0.306 e. The number of ether oxygens (including phenoxy) is 3. The predicted molar refractivity (Wildman–Crippen MR) is 111 cm³/mol. The highest BCUT2D eigenvalue weighted by atomic mass is 16.7. The fourth-order valence-corrected chi connectivity index (χ4v) is 2.97. The van der Waals surface area contributed by atoms with Gasteiger partial charge in [-0.05, 0) is 54.3 Å². The molecule has 30 heavy (non-hydrogen) atoms. The Kier molecular flexibility index (Phi) is 7.06. The second-order valence-corrected chi connectivity index (χ2v) is 7.49. The number of hydrogen-bond acceptors (Lipinski definition) is 6. The Labute approximate surface area is 175 Å². The molecule has 1 amide bonds. The summed E-state index contributed by atoms with van der Waals surface area (Å²) in [6.07, 6.45) is 1.07. The molecule has 0 saturated heterocycles. The topological polar surface area (TPSA) is 90.9 Å². The first kappa shape index (κ1) is 21.4. The van der Waals surface area contributed by atoms with Crippen molar-refractivity contribution in [1.29, 1.82) is 0 Å². The molecule has 0 aromatic heterocycles. The van der Waals surface area contributed by atoms with E-state index < -0.39 is 5.97 Å². The molecular formula is C23H25NO6.